The molecule has 0 unspecified atom stereocenters. The number of sulfonamides is 1. The standard InChI is InChI=1S/C41H53Cl4N7O4S/c1-5-7-8-9-10-11-12-13-14-15-16-23-56-39(46)29-17-19-32(43)36(25-29)49-40-37(41(53)52(50-40)38-33(44)26-30(42)27-34(38)45)48-35-20-18-31(24-28(35)3)51(6-2)22-21-47-57(4,54)55/h17-20,24-27,46-47H,5-16,21-23H2,1-4H3,(H,49,50)/b46-39?,48-37-. The summed E-state index contributed by atoms with van der Waals surface area (Å²) in [5.74, 6) is -0.532. The van der Waals surface area contributed by atoms with Crippen LogP contribution >= 0.6 is 46.4 Å². The van der Waals surface area contributed by atoms with Crippen molar-refractivity contribution in [3.05, 3.63) is 79.7 Å². The minimum absolute atomic E-state index is 0.00501. The van der Waals surface area contributed by atoms with Crippen molar-refractivity contribution in [3.63, 3.8) is 0 Å². The Morgan fingerprint density at radius 3 is 2.11 bits per heavy atom. The van der Waals surface area contributed by atoms with Crippen LogP contribution in [0, 0.1) is 12.3 Å². The molecular formula is C41H53Cl4N7O4S. The number of likely N-dealkylation sites (N-methyl/N-ethyl adjacent to an activating group) is 1. The Kier molecular flexibility index (Phi) is 18.4. The number of nitrogens with one attached hydrogen (secondary N) is 3. The van der Waals surface area contributed by atoms with Crippen LogP contribution in [0.15, 0.2) is 58.6 Å². The highest BCUT2D eigenvalue weighted by Crippen LogP contribution is 2.39. The lowest BCUT2D eigenvalue weighted by Gasteiger charge is -2.24. The predicted octanol–water partition coefficient (Wildman–Crippen LogP) is 11.2. The van der Waals surface area contributed by atoms with E-state index in [-0.39, 0.29) is 44.7 Å². The second kappa shape index (κ2) is 22.7. The Balaban J connectivity index is 1.51. The lowest BCUT2D eigenvalue weighted by molar-refractivity contribution is -0.112. The van der Waals surface area contributed by atoms with Gasteiger partial charge in [0.2, 0.25) is 15.9 Å². The van der Waals surface area contributed by atoms with Crippen LogP contribution in [0.5, 0.6) is 0 Å². The van der Waals surface area contributed by atoms with Gasteiger partial charge in [-0.1, -0.05) is 118 Å². The molecule has 1 heterocycles. The summed E-state index contributed by atoms with van der Waals surface area (Å²) in [5, 5.41) is 18.2. The zero-order chi connectivity index (χ0) is 41.5. The van der Waals surface area contributed by atoms with E-state index in [1.807, 2.05) is 30.9 Å². The number of anilines is 3. The third-order valence-electron chi connectivity index (χ3n) is 9.39. The number of amides is 1. The Morgan fingerprint density at radius 1 is 0.877 bits per heavy atom. The molecule has 0 radical (unpaired) electrons. The molecule has 3 aromatic rings. The largest absolute Gasteiger partial charge is 0.478 e. The average Bonchev–Trinajstić information content (AvgIpc) is 3.44. The Morgan fingerprint density at radius 2 is 1.51 bits per heavy atom. The van der Waals surface area contributed by atoms with Crippen LogP contribution in [0.1, 0.15) is 95.6 Å². The van der Waals surface area contributed by atoms with Crippen LogP contribution in [-0.2, 0) is 19.6 Å². The molecule has 0 aliphatic carbocycles. The van der Waals surface area contributed by atoms with Crippen molar-refractivity contribution in [2.75, 3.05) is 47.7 Å². The number of amidine groups is 1. The topological polar surface area (TPSA) is 140 Å². The Bertz CT molecular complexity index is 2020. The van der Waals surface area contributed by atoms with Crippen LogP contribution in [0.2, 0.25) is 20.1 Å². The quantitative estimate of drug-likeness (QED) is 0.0522. The van der Waals surface area contributed by atoms with E-state index in [1.54, 1.807) is 24.3 Å². The van der Waals surface area contributed by atoms with E-state index in [2.05, 4.69) is 22.1 Å². The molecule has 0 saturated carbocycles. The second-order valence-electron chi connectivity index (χ2n) is 14.0. The minimum atomic E-state index is -3.32. The summed E-state index contributed by atoms with van der Waals surface area (Å²) in [6.07, 6.45) is 14.6. The number of carbonyl (C=O) groups excluding carboxylic acids is 1. The molecular weight excluding hydrogens is 828 g/mol. The first-order valence-corrected chi connectivity index (χ1v) is 22.9. The number of carbonyl (C=O) groups is 1. The van der Waals surface area contributed by atoms with Gasteiger partial charge in [-0.25, -0.2) is 18.1 Å². The van der Waals surface area contributed by atoms with Gasteiger partial charge >= 0.3 is 5.91 Å². The number of rotatable bonds is 22. The molecule has 0 saturated heterocycles. The highest BCUT2D eigenvalue weighted by atomic mass is 35.5. The molecule has 11 nitrogen and oxygen atoms in total. The molecule has 57 heavy (non-hydrogen) atoms. The molecule has 0 spiro atoms. The predicted molar refractivity (Wildman–Crippen MR) is 240 cm³/mol. The number of hydrogen-bond donors (Lipinski definition) is 3. The van der Waals surface area contributed by atoms with E-state index < -0.39 is 15.9 Å². The SMILES string of the molecule is CCCCCCCCCCCCCOC(=N)c1ccc(Cl)c(NC2=NN(c3c(Cl)cc(Cl)cc3Cl)C(=O)/C2=N\c2ccc(N(CC)CCNS(C)(=O)=O)cc2C)c1. The van der Waals surface area contributed by atoms with Gasteiger partial charge in [0.1, 0.15) is 5.69 Å². The fourth-order valence-electron chi connectivity index (χ4n) is 6.30. The summed E-state index contributed by atoms with van der Waals surface area (Å²) < 4.78 is 31.5. The van der Waals surface area contributed by atoms with E-state index in [4.69, 9.17) is 61.5 Å². The van der Waals surface area contributed by atoms with E-state index in [9.17, 15) is 13.2 Å². The Hall–Kier alpha value is -3.39. The fourth-order valence-corrected chi connectivity index (χ4v) is 7.90. The number of benzene rings is 3. The van der Waals surface area contributed by atoms with E-state index in [0.29, 0.717) is 41.7 Å². The van der Waals surface area contributed by atoms with Gasteiger partial charge in [-0.15, -0.1) is 5.10 Å². The summed E-state index contributed by atoms with van der Waals surface area (Å²) in [6, 6.07) is 13.5. The molecule has 4 rings (SSSR count). The molecule has 3 aromatic carbocycles. The summed E-state index contributed by atoms with van der Waals surface area (Å²) in [5.41, 5.74) is 3.07. The number of hydrogen-bond acceptors (Lipinski definition) is 9. The van der Waals surface area contributed by atoms with Gasteiger partial charge in [0.25, 0.3) is 0 Å². The molecule has 0 atom stereocenters. The normalized spacial score (nSPS) is 13.7. The van der Waals surface area contributed by atoms with Gasteiger partial charge in [0, 0.05) is 35.9 Å². The molecule has 0 bridgehead atoms. The maximum Gasteiger partial charge on any atom is 0.301 e. The first kappa shape index (κ1) is 46.3. The fraction of sp³-hybridized carbons (Fsp3) is 0.463. The third-order valence-corrected chi connectivity index (χ3v) is 11.2. The smallest absolute Gasteiger partial charge is 0.301 e. The van der Waals surface area contributed by atoms with E-state index >= 15 is 0 Å². The van der Waals surface area contributed by atoms with Crippen molar-refractivity contribution in [2.45, 2.75) is 91.4 Å². The van der Waals surface area contributed by atoms with Crippen molar-refractivity contribution >= 4 is 103 Å². The number of aliphatic imine (C=N–C) groups is 1. The highest BCUT2D eigenvalue weighted by molar-refractivity contribution is 7.88. The maximum atomic E-state index is 14.1. The number of hydrazone groups is 1. The van der Waals surface area contributed by atoms with Gasteiger partial charge in [-0.3, -0.25) is 10.2 Å². The van der Waals surface area contributed by atoms with Crippen molar-refractivity contribution in [2.24, 2.45) is 10.1 Å². The lowest BCUT2D eigenvalue weighted by atomic mass is 10.1. The molecule has 1 amide bonds. The van der Waals surface area contributed by atoms with Crippen molar-refractivity contribution in [3.8, 4) is 0 Å². The van der Waals surface area contributed by atoms with E-state index in [0.717, 1.165) is 41.8 Å². The monoisotopic (exact) mass is 879 g/mol. The van der Waals surface area contributed by atoms with Crippen molar-refractivity contribution < 1.29 is 17.9 Å². The highest BCUT2D eigenvalue weighted by Gasteiger charge is 2.36. The summed E-state index contributed by atoms with van der Waals surface area (Å²) in [7, 11) is -3.32. The number of aryl methyl sites for hydroxylation is 1. The first-order valence-electron chi connectivity index (χ1n) is 19.5. The maximum absolute atomic E-state index is 14.1. The van der Waals surface area contributed by atoms with Crippen LogP contribution in [-0.4, -0.2) is 64.3 Å². The number of halogens is 4. The van der Waals surface area contributed by atoms with Gasteiger partial charge in [0.05, 0.1) is 39.3 Å². The summed E-state index contributed by atoms with van der Waals surface area (Å²) in [6.45, 7) is 7.85. The van der Waals surface area contributed by atoms with E-state index in [1.165, 1.54) is 63.5 Å². The lowest BCUT2D eigenvalue weighted by Crippen LogP contribution is -2.34. The second-order valence-corrected chi connectivity index (χ2v) is 17.5. The van der Waals surface area contributed by atoms with Crippen LogP contribution in [0.3, 0.4) is 0 Å². The summed E-state index contributed by atoms with van der Waals surface area (Å²) in [4.78, 5) is 20.9. The Labute approximate surface area is 357 Å². The molecule has 16 heteroatoms. The average molecular weight is 882 g/mol. The van der Waals surface area contributed by atoms with Gasteiger partial charge in [0.15, 0.2) is 11.5 Å². The molecule has 1 aliphatic rings. The summed E-state index contributed by atoms with van der Waals surface area (Å²) >= 11 is 25.9. The zero-order valence-corrected chi connectivity index (χ0v) is 36.9. The molecule has 310 valence electrons. The number of ether oxygens (including phenoxy) is 1. The van der Waals surface area contributed by atoms with Gasteiger partial charge < -0.3 is 15.0 Å². The van der Waals surface area contributed by atoms with Crippen molar-refractivity contribution in [1.29, 1.82) is 5.41 Å². The molecule has 3 N–H and O–H groups in total. The van der Waals surface area contributed by atoms with Crippen LogP contribution in [0.25, 0.3) is 0 Å². The molecule has 0 aromatic heterocycles. The minimum Gasteiger partial charge on any atom is -0.478 e. The number of nitrogens with zero attached hydrogens (tertiary/aromatic N) is 4. The van der Waals surface area contributed by atoms with Crippen LogP contribution < -0.4 is 19.9 Å². The number of unbranched alkanes of at least 4 members (excludes halogenated alkanes) is 10. The molecule has 0 fully saturated rings. The third kappa shape index (κ3) is 14.1. The van der Waals surface area contributed by atoms with Gasteiger partial charge in [-0.05, 0) is 74.4 Å². The zero-order valence-electron chi connectivity index (χ0n) is 33.1. The molecule has 1 aliphatic heterocycles. The van der Waals surface area contributed by atoms with Gasteiger partial charge in [-0.2, -0.15) is 5.01 Å². The van der Waals surface area contributed by atoms with Crippen LogP contribution in [0.4, 0.5) is 22.7 Å². The van der Waals surface area contributed by atoms with Crippen molar-refractivity contribution in [1.82, 2.24) is 4.72 Å². The first-order chi connectivity index (χ1) is 27.2.